The molecule has 2 fully saturated rings. The molecule has 2 aliphatic rings. The Balaban J connectivity index is 1.36. The smallest absolute Gasteiger partial charge is 0.0465 e. The van der Waals surface area contributed by atoms with Crippen LogP contribution in [0.1, 0.15) is 49.4 Å². The van der Waals surface area contributed by atoms with E-state index in [2.05, 4.69) is 52.5 Å². The fourth-order valence-electron chi connectivity index (χ4n) is 4.87. The Morgan fingerprint density at radius 2 is 2.03 bits per heavy atom. The first-order valence-corrected chi connectivity index (χ1v) is 11.0. The molecule has 2 aromatic rings. The van der Waals surface area contributed by atoms with E-state index in [0.717, 1.165) is 29.8 Å². The van der Waals surface area contributed by atoms with Crippen molar-refractivity contribution in [2.45, 2.75) is 46.0 Å². The molecule has 0 saturated carbocycles. The Hall–Kier alpha value is -2.33. The quantitative estimate of drug-likeness (QED) is 0.800. The van der Waals surface area contributed by atoms with E-state index in [1.165, 1.54) is 62.3 Å². The molecule has 0 bridgehead atoms. The summed E-state index contributed by atoms with van der Waals surface area (Å²) in [7, 11) is 0. The molecule has 1 aromatic carbocycles. The summed E-state index contributed by atoms with van der Waals surface area (Å²) in [6.07, 6.45) is 7.81. The predicted octanol–water partition coefficient (Wildman–Crippen LogP) is 4.29. The number of pyridine rings is 1. The zero-order chi connectivity index (χ0) is 20.3. The van der Waals surface area contributed by atoms with E-state index in [0.29, 0.717) is 5.41 Å². The van der Waals surface area contributed by atoms with Crippen LogP contribution in [0.25, 0.3) is 5.70 Å². The van der Waals surface area contributed by atoms with Crippen LogP contribution in [0, 0.1) is 12.3 Å². The van der Waals surface area contributed by atoms with E-state index in [4.69, 9.17) is 5.73 Å². The van der Waals surface area contributed by atoms with Crippen LogP contribution < -0.4 is 16.0 Å². The van der Waals surface area contributed by atoms with Gasteiger partial charge in [0.25, 0.3) is 0 Å². The molecule has 1 aromatic heterocycles. The third-order valence-electron chi connectivity index (χ3n) is 6.85. The minimum absolute atomic E-state index is 0.501. The predicted molar refractivity (Wildman–Crippen MR) is 122 cm³/mol. The normalized spacial score (nSPS) is 22.8. The number of nitrogens with two attached hydrogens (primary N) is 1. The van der Waals surface area contributed by atoms with E-state index < -0.39 is 0 Å². The Kier molecular flexibility index (Phi) is 5.91. The number of aryl methyl sites for hydroxylation is 2. The molecule has 1 atom stereocenters. The first kappa shape index (κ1) is 20.0. The molecule has 1 spiro atoms. The van der Waals surface area contributed by atoms with E-state index in [9.17, 15) is 0 Å². The van der Waals surface area contributed by atoms with Gasteiger partial charge in [0, 0.05) is 53.9 Å². The first-order valence-electron chi connectivity index (χ1n) is 11.0. The van der Waals surface area contributed by atoms with Crippen LogP contribution in [0.3, 0.4) is 0 Å². The fraction of sp³-hybridized carbons (Fsp3) is 0.480. The maximum atomic E-state index is 6.41. The number of nitrogens with one attached hydrogen (secondary N) is 1. The van der Waals surface area contributed by atoms with Gasteiger partial charge in [0.05, 0.1) is 0 Å². The Morgan fingerprint density at radius 3 is 2.76 bits per heavy atom. The molecule has 2 saturated heterocycles. The second-order valence-electron chi connectivity index (χ2n) is 8.95. The largest absolute Gasteiger partial charge is 0.398 e. The first-order chi connectivity index (χ1) is 14.1. The fourth-order valence-corrected chi connectivity index (χ4v) is 4.87. The van der Waals surface area contributed by atoms with E-state index in [-0.39, 0.29) is 0 Å². The zero-order valence-electron chi connectivity index (χ0n) is 17.9. The summed E-state index contributed by atoms with van der Waals surface area (Å²) in [4.78, 5) is 6.93. The Labute approximate surface area is 175 Å². The van der Waals surface area contributed by atoms with Crippen molar-refractivity contribution < 1.29 is 0 Å². The Bertz CT molecular complexity index is 863. The monoisotopic (exact) mass is 390 g/mol. The van der Waals surface area contributed by atoms with Gasteiger partial charge in [-0.25, -0.2) is 0 Å². The molecule has 0 radical (unpaired) electrons. The van der Waals surface area contributed by atoms with Crippen LogP contribution in [0.4, 0.5) is 5.69 Å². The van der Waals surface area contributed by atoms with E-state index in [1.807, 2.05) is 19.2 Å². The lowest BCUT2D eigenvalue weighted by Gasteiger charge is -2.34. The number of hydrogen-bond acceptors (Lipinski definition) is 4. The van der Waals surface area contributed by atoms with Gasteiger partial charge >= 0.3 is 0 Å². The van der Waals surface area contributed by atoms with Crippen LogP contribution in [-0.4, -0.2) is 31.2 Å². The van der Waals surface area contributed by atoms with Gasteiger partial charge in [-0.15, -0.1) is 0 Å². The van der Waals surface area contributed by atoms with Gasteiger partial charge in [0.15, 0.2) is 0 Å². The van der Waals surface area contributed by atoms with Crippen molar-refractivity contribution in [1.29, 1.82) is 0 Å². The van der Waals surface area contributed by atoms with Crippen LogP contribution >= 0.6 is 0 Å². The zero-order valence-corrected chi connectivity index (χ0v) is 17.9. The molecular formula is C25H34N4. The number of benzene rings is 1. The lowest BCUT2D eigenvalue weighted by Crippen LogP contribution is -2.41. The lowest BCUT2D eigenvalue weighted by molar-refractivity contribution is 0.239. The molecule has 4 nitrogen and oxygen atoms in total. The number of piperidine rings is 1. The van der Waals surface area contributed by atoms with E-state index in [1.54, 1.807) is 0 Å². The Morgan fingerprint density at radius 1 is 1.21 bits per heavy atom. The second kappa shape index (κ2) is 8.58. The van der Waals surface area contributed by atoms with Crippen molar-refractivity contribution in [1.82, 2.24) is 10.3 Å². The van der Waals surface area contributed by atoms with Gasteiger partial charge in [-0.1, -0.05) is 12.1 Å². The minimum atomic E-state index is 0.501. The summed E-state index contributed by atoms with van der Waals surface area (Å²) in [5.74, 6) is 0. The van der Waals surface area contributed by atoms with Gasteiger partial charge in [-0.3, -0.25) is 4.98 Å². The topological polar surface area (TPSA) is 54.2 Å². The summed E-state index contributed by atoms with van der Waals surface area (Å²) in [6, 6.07) is 13.2. The molecule has 4 heteroatoms. The maximum absolute atomic E-state index is 6.41. The molecule has 0 aliphatic carbocycles. The van der Waals surface area contributed by atoms with Crippen molar-refractivity contribution in [3.63, 3.8) is 0 Å². The summed E-state index contributed by atoms with van der Waals surface area (Å²) in [5.41, 5.74) is 13.8. The SMILES string of the molecule is C/C(CCc1ccc(N2CCC3(CCCNC3)C2)cc1)=C(/N)c1cccnc1C. The highest BCUT2D eigenvalue weighted by Crippen LogP contribution is 2.38. The number of nitrogens with zero attached hydrogens (tertiary/aromatic N) is 2. The van der Waals surface area contributed by atoms with Gasteiger partial charge < -0.3 is 16.0 Å². The van der Waals surface area contributed by atoms with Crippen LogP contribution in [0.5, 0.6) is 0 Å². The average Bonchev–Trinajstić information content (AvgIpc) is 3.16. The highest BCUT2D eigenvalue weighted by Gasteiger charge is 2.38. The molecule has 3 heterocycles. The van der Waals surface area contributed by atoms with Crippen LogP contribution in [0.2, 0.25) is 0 Å². The van der Waals surface area contributed by atoms with Crippen molar-refractivity contribution >= 4 is 11.4 Å². The maximum Gasteiger partial charge on any atom is 0.0465 e. The average molecular weight is 391 g/mol. The summed E-state index contributed by atoms with van der Waals surface area (Å²) < 4.78 is 0. The summed E-state index contributed by atoms with van der Waals surface area (Å²) in [5, 5.41) is 3.61. The van der Waals surface area contributed by atoms with Gasteiger partial charge in [0.2, 0.25) is 0 Å². The second-order valence-corrected chi connectivity index (χ2v) is 8.95. The lowest BCUT2D eigenvalue weighted by atomic mass is 9.80. The molecule has 2 aliphatic heterocycles. The number of anilines is 1. The molecule has 29 heavy (non-hydrogen) atoms. The molecule has 154 valence electrons. The van der Waals surface area contributed by atoms with Gasteiger partial charge in [0.1, 0.15) is 0 Å². The van der Waals surface area contributed by atoms with Crippen LogP contribution in [0.15, 0.2) is 48.2 Å². The number of allylic oxidation sites excluding steroid dienone is 1. The number of aromatic nitrogens is 1. The molecule has 4 rings (SSSR count). The third kappa shape index (κ3) is 4.48. The molecule has 3 N–H and O–H groups in total. The molecule has 1 unspecified atom stereocenters. The molecular weight excluding hydrogens is 356 g/mol. The van der Waals surface area contributed by atoms with Crippen molar-refractivity contribution in [2.75, 3.05) is 31.1 Å². The number of hydrogen-bond donors (Lipinski definition) is 2. The van der Waals surface area contributed by atoms with Crippen molar-refractivity contribution in [2.24, 2.45) is 11.1 Å². The van der Waals surface area contributed by atoms with Gasteiger partial charge in [-0.2, -0.15) is 0 Å². The molecule has 0 amide bonds. The highest BCUT2D eigenvalue weighted by atomic mass is 15.2. The van der Waals surface area contributed by atoms with Crippen LogP contribution in [-0.2, 0) is 6.42 Å². The van der Waals surface area contributed by atoms with Gasteiger partial charge in [-0.05, 0) is 87.9 Å². The third-order valence-corrected chi connectivity index (χ3v) is 6.85. The summed E-state index contributed by atoms with van der Waals surface area (Å²) in [6.45, 7) is 8.91. The van der Waals surface area contributed by atoms with Crippen molar-refractivity contribution in [3.8, 4) is 0 Å². The highest BCUT2D eigenvalue weighted by molar-refractivity contribution is 5.67. The van der Waals surface area contributed by atoms with E-state index >= 15 is 0 Å². The number of rotatable bonds is 5. The minimum Gasteiger partial charge on any atom is -0.398 e. The van der Waals surface area contributed by atoms with Crippen molar-refractivity contribution in [3.05, 3.63) is 65.0 Å². The summed E-state index contributed by atoms with van der Waals surface area (Å²) >= 11 is 0. The standard InChI is InChI=1S/C25H34N4/c1-19(24(26)23-5-3-15-28-20(23)2)6-7-21-8-10-22(11-9-21)29-16-13-25(18-29)12-4-14-27-17-25/h3,5,8-11,15,27H,4,6-7,12-14,16-18,26H2,1-2H3/b24-19-.